The van der Waals surface area contributed by atoms with Crippen molar-refractivity contribution in [3.8, 4) is 0 Å². The van der Waals surface area contributed by atoms with E-state index in [9.17, 15) is 5.11 Å². The normalized spacial score (nSPS) is 22.9. The molecule has 1 aromatic rings. The summed E-state index contributed by atoms with van der Waals surface area (Å²) in [6.45, 7) is 2.13. The van der Waals surface area contributed by atoms with Crippen LogP contribution in [0.15, 0.2) is 24.3 Å². The summed E-state index contributed by atoms with van der Waals surface area (Å²) in [5, 5.41) is 13.5. The van der Waals surface area contributed by atoms with Gasteiger partial charge < -0.3 is 16.2 Å². The van der Waals surface area contributed by atoms with E-state index in [1.54, 1.807) is 0 Å². The van der Waals surface area contributed by atoms with Crippen LogP contribution in [0.1, 0.15) is 30.9 Å². The van der Waals surface area contributed by atoms with E-state index in [-0.39, 0.29) is 0 Å². The van der Waals surface area contributed by atoms with Crippen molar-refractivity contribution in [2.45, 2.75) is 25.4 Å². The van der Waals surface area contributed by atoms with E-state index in [1.165, 1.54) is 12.8 Å². The topological polar surface area (TPSA) is 58.3 Å². The number of nitrogens with one attached hydrogen (secondary N) is 1. The van der Waals surface area contributed by atoms with Crippen LogP contribution in [0.2, 0.25) is 0 Å². The van der Waals surface area contributed by atoms with Gasteiger partial charge in [0.15, 0.2) is 0 Å². The zero-order chi connectivity index (χ0) is 11.4. The van der Waals surface area contributed by atoms with E-state index >= 15 is 0 Å². The van der Waals surface area contributed by atoms with Crippen LogP contribution in [-0.4, -0.2) is 18.2 Å². The first-order valence-electron chi connectivity index (χ1n) is 6.00. The van der Waals surface area contributed by atoms with Gasteiger partial charge in [-0.15, -0.1) is 0 Å². The maximum atomic E-state index is 10.1. The molecule has 0 spiro atoms. The summed E-state index contributed by atoms with van der Waals surface area (Å²) < 4.78 is 0. The summed E-state index contributed by atoms with van der Waals surface area (Å²) in [5.41, 5.74) is 7.41. The second-order valence-electron chi connectivity index (χ2n) is 4.59. The van der Waals surface area contributed by atoms with Crippen molar-refractivity contribution < 1.29 is 5.11 Å². The summed E-state index contributed by atoms with van der Waals surface area (Å²) in [4.78, 5) is 0. The lowest BCUT2D eigenvalue weighted by Crippen LogP contribution is -2.30. The minimum absolute atomic E-state index is 0.425. The minimum Gasteiger partial charge on any atom is -0.398 e. The van der Waals surface area contributed by atoms with E-state index in [4.69, 9.17) is 5.73 Å². The average molecular weight is 220 g/mol. The fraction of sp³-hybridized carbons (Fsp3) is 0.538. The molecule has 0 aliphatic carbocycles. The van der Waals surface area contributed by atoms with Crippen LogP contribution in [-0.2, 0) is 0 Å². The molecule has 1 fully saturated rings. The number of benzene rings is 1. The summed E-state index contributed by atoms with van der Waals surface area (Å²) >= 11 is 0. The maximum absolute atomic E-state index is 10.1. The van der Waals surface area contributed by atoms with Gasteiger partial charge in [0.25, 0.3) is 0 Å². The number of aliphatic hydroxyl groups excluding tert-OH is 1. The molecule has 2 rings (SSSR count). The Morgan fingerprint density at radius 1 is 1.44 bits per heavy atom. The lowest BCUT2D eigenvalue weighted by Gasteiger charge is -2.25. The second-order valence-corrected chi connectivity index (χ2v) is 4.59. The molecule has 3 nitrogen and oxygen atoms in total. The molecular formula is C13H20N2O. The molecule has 1 heterocycles. The molecule has 0 amide bonds. The van der Waals surface area contributed by atoms with Gasteiger partial charge in [-0.3, -0.25) is 0 Å². The first kappa shape index (κ1) is 11.4. The number of rotatable bonds is 3. The maximum Gasteiger partial charge on any atom is 0.0813 e. The van der Waals surface area contributed by atoms with Gasteiger partial charge in [-0.25, -0.2) is 0 Å². The molecule has 1 aromatic carbocycles. The fourth-order valence-electron chi connectivity index (χ4n) is 2.38. The van der Waals surface area contributed by atoms with Crippen molar-refractivity contribution in [1.82, 2.24) is 5.32 Å². The van der Waals surface area contributed by atoms with Crippen molar-refractivity contribution in [3.63, 3.8) is 0 Å². The number of hydrogen-bond donors (Lipinski definition) is 3. The summed E-state index contributed by atoms with van der Waals surface area (Å²) in [7, 11) is 0. The van der Waals surface area contributed by atoms with Gasteiger partial charge in [-0.05, 0) is 44.3 Å². The van der Waals surface area contributed by atoms with Gasteiger partial charge >= 0.3 is 0 Å². The highest BCUT2D eigenvalue weighted by atomic mass is 16.3. The van der Waals surface area contributed by atoms with E-state index in [0.717, 1.165) is 25.1 Å². The Kier molecular flexibility index (Phi) is 3.80. The SMILES string of the molecule is Nc1ccccc1C(O)CC1CCCNC1. The molecule has 0 radical (unpaired) electrons. The monoisotopic (exact) mass is 220 g/mol. The number of nitrogens with two attached hydrogens (primary N) is 1. The molecule has 2 atom stereocenters. The lowest BCUT2D eigenvalue weighted by atomic mass is 9.90. The third-order valence-electron chi connectivity index (χ3n) is 3.31. The van der Waals surface area contributed by atoms with Crippen molar-refractivity contribution >= 4 is 5.69 Å². The Bertz CT molecular complexity index is 334. The van der Waals surface area contributed by atoms with Crippen molar-refractivity contribution in [2.75, 3.05) is 18.8 Å². The number of nitrogen functional groups attached to an aromatic ring is 1. The third kappa shape index (κ3) is 2.74. The Morgan fingerprint density at radius 2 is 2.25 bits per heavy atom. The van der Waals surface area contributed by atoms with E-state index in [0.29, 0.717) is 11.6 Å². The van der Waals surface area contributed by atoms with Crippen molar-refractivity contribution in [1.29, 1.82) is 0 Å². The van der Waals surface area contributed by atoms with E-state index < -0.39 is 6.10 Å². The van der Waals surface area contributed by atoms with Gasteiger partial charge in [-0.2, -0.15) is 0 Å². The van der Waals surface area contributed by atoms with Crippen molar-refractivity contribution in [2.24, 2.45) is 5.92 Å². The molecule has 4 N–H and O–H groups in total. The summed E-state index contributed by atoms with van der Waals surface area (Å²) in [6, 6.07) is 7.58. The quantitative estimate of drug-likeness (QED) is 0.679. The fourth-order valence-corrected chi connectivity index (χ4v) is 2.38. The second kappa shape index (κ2) is 5.32. The highest BCUT2D eigenvalue weighted by molar-refractivity contribution is 5.47. The molecule has 0 saturated carbocycles. The summed E-state index contributed by atoms with van der Waals surface area (Å²) in [5.74, 6) is 0.573. The zero-order valence-corrected chi connectivity index (χ0v) is 9.52. The predicted octanol–water partition coefficient (Wildman–Crippen LogP) is 1.69. The Balaban J connectivity index is 1.96. The minimum atomic E-state index is -0.425. The number of para-hydroxylation sites is 1. The van der Waals surface area contributed by atoms with E-state index in [2.05, 4.69) is 5.32 Å². The smallest absolute Gasteiger partial charge is 0.0813 e. The van der Waals surface area contributed by atoms with Gasteiger partial charge in [0.1, 0.15) is 0 Å². The van der Waals surface area contributed by atoms with Crippen LogP contribution in [0, 0.1) is 5.92 Å². The van der Waals surface area contributed by atoms with Crippen LogP contribution < -0.4 is 11.1 Å². The lowest BCUT2D eigenvalue weighted by molar-refractivity contribution is 0.136. The molecule has 1 aliphatic rings. The molecule has 16 heavy (non-hydrogen) atoms. The molecule has 2 unspecified atom stereocenters. The van der Waals surface area contributed by atoms with Gasteiger partial charge in [0, 0.05) is 11.3 Å². The Hall–Kier alpha value is -1.06. The molecule has 3 heteroatoms. The number of aliphatic hydroxyl groups is 1. The number of hydrogen-bond acceptors (Lipinski definition) is 3. The highest BCUT2D eigenvalue weighted by Crippen LogP contribution is 2.28. The molecule has 0 bridgehead atoms. The average Bonchev–Trinajstić information content (AvgIpc) is 2.31. The molecule has 1 aliphatic heterocycles. The molecular weight excluding hydrogens is 200 g/mol. The molecule has 88 valence electrons. The third-order valence-corrected chi connectivity index (χ3v) is 3.31. The largest absolute Gasteiger partial charge is 0.398 e. The van der Waals surface area contributed by atoms with Crippen LogP contribution in [0.5, 0.6) is 0 Å². The number of piperidine rings is 1. The molecule has 0 aromatic heterocycles. The van der Waals surface area contributed by atoms with Gasteiger partial charge in [0.05, 0.1) is 6.10 Å². The zero-order valence-electron chi connectivity index (χ0n) is 9.52. The van der Waals surface area contributed by atoms with Crippen LogP contribution in [0.25, 0.3) is 0 Å². The van der Waals surface area contributed by atoms with Crippen LogP contribution in [0.4, 0.5) is 5.69 Å². The molecule has 1 saturated heterocycles. The standard InChI is InChI=1S/C13H20N2O/c14-12-6-2-1-5-11(12)13(16)8-10-4-3-7-15-9-10/h1-2,5-6,10,13,15-16H,3-4,7-9,14H2. The number of anilines is 1. The van der Waals surface area contributed by atoms with Crippen LogP contribution >= 0.6 is 0 Å². The van der Waals surface area contributed by atoms with Gasteiger partial charge in [0.2, 0.25) is 0 Å². The van der Waals surface area contributed by atoms with Crippen LogP contribution in [0.3, 0.4) is 0 Å². The highest BCUT2D eigenvalue weighted by Gasteiger charge is 2.19. The summed E-state index contributed by atoms with van der Waals surface area (Å²) in [6.07, 6.45) is 2.80. The first-order valence-corrected chi connectivity index (χ1v) is 6.00. The van der Waals surface area contributed by atoms with E-state index in [1.807, 2.05) is 24.3 Å². The first-order chi connectivity index (χ1) is 7.77. The Labute approximate surface area is 96.7 Å². The Morgan fingerprint density at radius 3 is 2.94 bits per heavy atom. The predicted molar refractivity (Wildman–Crippen MR) is 66.0 cm³/mol. The van der Waals surface area contributed by atoms with Gasteiger partial charge in [-0.1, -0.05) is 18.2 Å². The van der Waals surface area contributed by atoms with Crippen molar-refractivity contribution in [3.05, 3.63) is 29.8 Å².